The molecule has 1 saturated carbocycles. The van der Waals surface area contributed by atoms with Gasteiger partial charge in [0.05, 0.1) is 6.10 Å². The molecule has 2 saturated heterocycles. The number of fused-ring (bicyclic) bond motifs is 3. The van der Waals surface area contributed by atoms with E-state index in [2.05, 4.69) is 36.9 Å². The van der Waals surface area contributed by atoms with E-state index in [1.165, 1.54) is 16.8 Å². The van der Waals surface area contributed by atoms with Gasteiger partial charge in [0.2, 0.25) is 5.91 Å². The number of aromatic nitrogens is 2. The molecule has 0 bridgehead atoms. The number of amides is 2. The second kappa shape index (κ2) is 8.91. The largest absolute Gasteiger partial charge is 0.393 e. The molecule has 8 nitrogen and oxygen atoms in total. The van der Waals surface area contributed by atoms with Crippen LogP contribution in [0, 0.1) is 25.7 Å². The number of likely N-dealkylation sites (tertiary alicyclic amines) is 1. The summed E-state index contributed by atoms with van der Waals surface area (Å²) in [4.78, 5) is 32.9. The Balaban J connectivity index is 1.15. The molecule has 192 valence electrons. The van der Waals surface area contributed by atoms with Crippen LogP contribution in [0.25, 0.3) is 0 Å². The Bertz CT molecular complexity index is 1200. The SMILES string of the molecule is Cc1cccc(N2CCN(C(=O)Cn3nc(C(=O)N4CC[C@@H](O)[C@H](C)C4)c4c3C[C@H]3C[C@@H]43)CC2)c1C. The quantitative estimate of drug-likeness (QED) is 0.710. The lowest BCUT2D eigenvalue weighted by molar-refractivity contribution is -0.132. The van der Waals surface area contributed by atoms with Crippen LogP contribution in [0.3, 0.4) is 0 Å². The van der Waals surface area contributed by atoms with Crippen molar-refractivity contribution in [3.8, 4) is 0 Å². The molecule has 2 aromatic rings. The van der Waals surface area contributed by atoms with E-state index in [9.17, 15) is 14.7 Å². The molecule has 2 aliphatic carbocycles. The predicted octanol–water partition coefficient (Wildman–Crippen LogP) is 2.35. The summed E-state index contributed by atoms with van der Waals surface area (Å²) in [6, 6.07) is 6.41. The van der Waals surface area contributed by atoms with E-state index in [0.29, 0.717) is 50.1 Å². The summed E-state index contributed by atoms with van der Waals surface area (Å²) in [5.41, 5.74) is 6.58. The molecule has 3 heterocycles. The van der Waals surface area contributed by atoms with Crippen LogP contribution in [0.15, 0.2) is 18.2 Å². The summed E-state index contributed by atoms with van der Waals surface area (Å²) in [5, 5.41) is 14.8. The van der Waals surface area contributed by atoms with Gasteiger partial charge in [-0.1, -0.05) is 19.1 Å². The molecule has 1 aromatic heterocycles. The fourth-order valence-electron chi connectivity index (χ4n) is 6.45. The lowest BCUT2D eigenvalue weighted by Crippen LogP contribution is -2.50. The number of hydrogen-bond acceptors (Lipinski definition) is 5. The number of aliphatic hydroxyl groups excluding tert-OH is 1. The molecule has 0 unspecified atom stereocenters. The molecule has 2 amide bonds. The van der Waals surface area contributed by atoms with Gasteiger partial charge in [-0.2, -0.15) is 5.10 Å². The Morgan fingerprint density at radius 1 is 1.08 bits per heavy atom. The van der Waals surface area contributed by atoms with Crippen molar-refractivity contribution in [1.82, 2.24) is 19.6 Å². The fourth-order valence-corrected chi connectivity index (χ4v) is 6.45. The molecule has 36 heavy (non-hydrogen) atoms. The van der Waals surface area contributed by atoms with E-state index in [0.717, 1.165) is 37.2 Å². The fraction of sp³-hybridized carbons (Fsp3) is 0.607. The number of nitrogens with zero attached hydrogens (tertiary/aromatic N) is 5. The molecule has 4 aliphatic rings. The van der Waals surface area contributed by atoms with Gasteiger partial charge in [0.1, 0.15) is 6.54 Å². The molecule has 3 fully saturated rings. The molecule has 4 atom stereocenters. The highest BCUT2D eigenvalue weighted by Gasteiger charge is 2.50. The number of carbonyl (C=O) groups excluding carboxylic acids is 2. The first-order valence-corrected chi connectivity index (χ1v) is 13.5. The number of piperidine rings is 1. The standard InChI is InChI=1S/C28H37N5O3/c1-17-5-4-6-22(19(17)3)30-9-11-31(12-10-30)25(35)16-33-23-14-20-13-21(20)26(23)27(29-33)28(36)32-8-7-24(34)18(2)15-32/h4-6,18,20-21,24,34H,7-16H2,1-3H3/t18-,20-,21-,24-/m1/s1. The van der Waals surface area contributed by atoms with Gasteiger partial charge in [0.15, 0.2) is 5.69 Å². The number of carbonyl (C=O) groups is 2. The summed E-state index contributed by atoms with van der Waals surface area (Å²) in [7, 11) is 0. The van der Waals surface area contributed by atoms with E-state index >= 15 is 0 Å². The van der Waals surface area contributed by atoms with Gasteiger partial charge in [-0.3, -0.25) is 14.3 Å². The molecule has 2 aliphatic heterocycles. The molecule has 8 heteroatoms. The number of aliphatic hydroxyl groups is 1. The minimum Gasteiger partial charge on any atom is -0.393 e. The number of rotatable bonds is 4. The normalized spacial score (nSPS) is 27.2. The van der Waals surface area contributed by atoms with Crippen LogP contribution in [-0.2, 0) is 17.8 Å². The van der Waals surface area contributed by atoms with Gasteiger partial charge in [0.25, 0.3) is 5.91 Å². The maximum atomic E-state index is 13.5. The number of hydrogen-bond donors (Lipinski definition) is 1. The lowest BCUT2D eigenvalue weighted by atomic mass is 9.96. The van der Waals surface area contributed by atoms with E-state index < -0.39 is 0 Å². The Labute approximate surface area is 212 Å². The Hall–Kier alpha value is -2.87. The maximum Gasteiger partial charge on any atom is 0.274 e. The van der Waals surface area contributed by atoms with Gasteiger partial charge >= 0.3 is 0 Å². The lowest BCUT2D eigenvalue weighted by Gasteiger charge is -2.37. The number of piperazine rings is 1. The zero-order valence-corrected chi connectivity index (χ0v) is 21.6. The molecular weight excluding hydrogens is 454 g/mol. The topological polar surface area (TPSA) is 81.9 Å². The third-order valence-corrected chi connectivity index (χ3v) is 9.03. The minimum absolute atomic E-state index is 0.0362. The first-order chi connectivity index (χ1) is 17.3. The van der Waals surface area contributed by atoms with Gasteiger partial charge < -0.3 is 19.8 Å². The van der Waals surface area contributed by atoms with Crippen LogP contribution in [0.5, 0.6) is 0 Å². The average Bonchev–Trinajstić information content (AvgIpc) is 3.40. The Morgan fingerprint density at radius 2 is 1.86 bits per heavy atom. The zero-order chi connectivity index (χ0) is 25.1. The Morgan fingerprint density at radius 3 is 2.61 bits per heavy atom. The van der Waals surface area contributed by atoms with E-state index in [1.54, 1.807) is 0 Å². The summed E-state index contributed by atoms with van der Waals surface area (Å²) in [6.07, 6.45) is 2.30. The van der Waals surface area contributed by atoms with Gasteiger partial charge in [0, 0.05) is 56.2 Å². The predicted molar refractivity (Wildman–Crippen MR) is 137 cm³/mol. The first-order valence-electron chi connectivity index (χ1n) is 13.5. The first kappa shape index (κ1) is 23.5. The number of aryl methyl sites for hydroxylation is 1. The molecule has 0 radical (unpaired) electrons. The van der Waals surface area contributed by atoms with E-state index in [1.807, 2.05) is 21.4 Å². The molecule has 1 N–H and O–H groups in total. The summed E-state index contributed by atoms with van der Waals surface area (Å²) in [6.45, 7) is 10.6. The third-order valence-electron chi connectivity index (χ3n) is 9.03. The summed E-state index contributed by atoms with van der Waals surface area (Å²) < 4.78 is 1.83. The number of benzene rings is 1. The van der Waals surface area contributed by atoms with Crippen LogP contribution < -0.4 is 4.90 Å². The van der Waals surface area contributed by atoms with Crippen molar-refractivity contribution >= 4 is 17.5 Å². The highest BCUT2D eigenvalue weighted by molar-refractivity contribution is 5.95. The van der Waals surface area contributed by atoms with Crippen molar-refractivity contribution in [2.45, 2.75) is 58.6 Å². The maximum absolute atomic E-state index is 13.5. The molecule has 1 aromatic carbocycles. The van der Waals surface area contributed by atoms with Crippen LogP contribution in [0.2, 0.25) is 0 Å². The second-order valence-corrected chi connectivity index (χ2v) is 11.3. The van der Waals surface area contributed by atoms with Gasteiger partial charge in [-0.15, -0.1) is 0 Å². The molecule has 0 spiro atoms. The van der Waals surface area contributed by atoms with E-state index in [4.69, 9.17) is 5.10 Å². The smallest absolute Gasteiger partial charge is 0.274 e. The molecule has 6 rings (SSSR count). The van der Waals surface area contributed by atoms with Crippen LogP contribution in [-0.4, -0.2) is 81.9 Å². The summed E-state index contributed by atoms with van der Waals surface area (Å²) in [5.74, 6) is 1.14. The highest BCUT2D eigenvalue weighted by Crippen LogP contribution is 2.57. The van der Waals surface area contributed by atoms with Crippen LogP contribution >= 0.6 is 0 Å². The Kier molecular flexibility index (Phi) is 5.82. The van der Waals surface area contributed by atoms with Crippen LogP contribution in [0.4, 0.5) is 5.69 Å². The minimum atomic E-state index is -0.349. The monoisotopic (exact) mass is 491 g/mol. The number of anilines is 1. The average molecular weight is 492 g/mol. The second-order valence-electron chi connectivity index (χ2n) is 11.3. The van der Waals surface area contributed by atoms with Crippen molar-refractivity contribution in [3.63, 3.8) is 0 Å². The van der Waals surface area contributed by atoms with Gasteiger partial charge in [-0.25, -0.2) is 0 Å². The molecular formula is C28H37N5O3. The van der Waals surface area contributed by atoms with E-state index in [-0.39, 0.29) is 30.4 Å². The van der Waals surface area contributed by atoms with Crippen molar-refractivity contribution in [3.05, 3.63) is 46.3 Å². The van der Waals surface area contributed by atoms with Crippen molar-refractivity contribution in [2.75, 3.05) is 44.2 Å². The third kappa shape index (κ3) is 3.99. The summed E-state index contributed by atoms with van der Waals surface area (Å²) >= 11 is 0. The van der Waals surface area contributed by atoms with Crippen molar-refractivity contribution in [2.24, 2.45) is 11.8 Å². The van der Waals surface area contributed by atoms with Crippen LogP contribution in [0.1, 0.15) is 58.6 Å². The van der Waals surface area contributed by atoms with Crippen molar-refractivity contribution < 1.29 is 14.7 Å². The van der Waals surface area contributed by atoms with Gasteiger partial charge in [-0.05, 0) is 68.1 Å². The zero-order valence-electron chi connectivity index (χ0n) is 21.6. The highest BCUT2D eigenvalue weighted by atomic mass is 16.3. The van der Waals surface area contributed by atoms with Crippen molar-refractivity contribution in [1.29, 1.82) is 0 Å².